The highest BCUT2D eigenvalue weighted by atomic mass is 35.5. The second kappa shape index (κ2) is 8.73. The monoisotopic (exact) mass is 394 g/mol. The highest BCUT2D eigenvalue weighted by Gasteiger charge is 2.18. The summed E-state index contributed by atoms with van der Waals surface area (Å²) in [5.74, 6) is -1.14. The Hall–Kier alpha value is -2.80. The van der Waals surface area contributed by atoms with Gasteiger partial charge in [0.25, 0.3) is 11.8 Å². The predicted molar refractivity (Wildman–Crippen MR) is 99.7 cm³/mol. The zero-order chi connectivity index (χ0) is 20.1. The molecule has 0 saturated carbocycles. The number of ether oxygens (including phenoxy) is 2. The average molecular weight is 395 g/mol. The van der Waals surface area contributed by atoms with Crippen molar-refractivity contribution >= 4 is 23.4 Å². The van der Waals surface area contributed by atoms with Crippen LogP contribution in [0.25, 0.3) is 0 Å². The van der Waals surface area contributed by atoms with Gasteiger partial charge in [-0.3, -0.25) is 9.59 Å². The average Bonchev–Trinajstić information content (AvgIpc) is 2.61. The molecule has 27 heavy (non-hydrogen) atoms. The number of hydrogen-bond donors (Lipinski definition) is 2. The highest BCUT2D eigenvalue weighted by Crippen LogP contribution is 2.36. The second-order valence-electron chi connectivity index (χ2n) is 5.95. The van der Waals surface area contributed by atoms with E-state index in [-0.39, 0.29) is 34.5 Å². The van der Waals surface area contributed by atoms with Crippen LogP contribution in [0.5, 0.6) is 11.5 Å². The lowest BCUT2D eigenvalue weighted by atomic mass is 10.1. The largest absolute Gasteiger partial charge is 0.493 e. The Bertz CT molecular complexity index is 873. The van der Waals surface area contributed by atoms with Crippen LogP contribution >= 0.6 is 11.6 Å². The molecule has 144 valence electrons. The number of primary amides is 1. The van der Waals surface area contributed by atoms with Gasteiger partial charge in [-0.05, 0) is 43.2 Å². The molecule has 0 aliphatic carbocycles. The molecule has 0 spiro atoms. The van der Waals surface area contributed by atoms with Crippen molar-refractivity contribution in [1.29, 1.82) is 0 Å². The molecule has 2 aromatic carbocycles. The quantitative estimate of drug-likeness (QED) is 0.754. The molecule has 0 heterocycles. The number of rotatable bonds is 7. The van der Waals surface area contributed by atoms with Crippen LogP contribution in [-0.2, 0) is 4.79 Å². The maximum atomic E-state index is 13.7. The Morgan fingerprint density at radius 2 is 2.00 bits per heavy atom. The topological polar surface area (TPSA) is 90.7 Å². The molecule has 2 aromatic rings. The number of carbonyl (C=O) groups is 2. The number of nitrogens with two attached hydrogens (primary N) is 1. The van der Waals surface area contributed by atoms with Crippen molar-refractivity contribution in [2.75, 3.05) is 13.7 Å². The molecular weight excluding hydrogens is 375 g/mol. The summed E-state index contributed by atoms with van der Waals surface area (Å²) in [4.78, 5) is 23.4. The number of aryl methyl sites for hydroxylation is 1. The number of hydrogen-bond acceptors (Lipinski definition) is 4. The van der Waals surface area contributed by atoms with Crippen LogP contribution < -0.4 is 20.5 Å². The molecule has 0 bridgehead atoms. The second-order valence-corrected chi connectivity index (χ2v) is 6.36. The van der Waals surface area contributed by atoms with Crippen molar-refractivity contribution < 1.29 is 23.5 Å². The van der Waals surface area contributed by atoms with Crippen LogP contribution in [0.2, 0.25) is 5.02 Å². The highest BCUT2D eigenvalue weighted by molar-refractivity contribution is 6.32. The summed E-state index contributed by atoms with van der Waals surface area (Å²) in [6, 6.07) is 7.17. The van der Waals surface area contributed by atoms with Gasteiger partial charge in [0, 0.05) is 5.56 Å². The number of nitrogens with one attached hydrogen (secondary N) is 1. The number of halogens is 2. The van der Waals surface area contributed by atoms with Gasteiger partial charge in [-0.2, -0.15) is 0 Å². The van der Waals surface area contributed by atoms with Crippen LogP contribution in [0, 0.1) is 12.7 Å². The molecule has 0 saturated heterocycles. The van der Waals surface area contributed by atoms with Gasteiger partial charge in [-0.1, -0.05) is 23.7 Å². The molecule has 0 fully saturated rings. The van der Waals surface area contributed by atoms with E-state index >= 15 is 0 Å². The maximum absolute atomic E-state index is 13.7. The smallest absolute Gasteiger partial charge is 0.255 e. The van der Waals surface area contributed by atoms with Gasteiger partial charge in [0.15, 0.2) is 18.1 Å². The Balaban J connectivity index is 2.21. The number of amides is 2. The first-order chi connectivity index (χ1) is 12.7. The fourth-order valence-corrected chi connectivity index (χ4v) is 2.64. The fourth-order valence-electron chi connectivity index (χ4n) is 2.38. The summed E-state index contributed by atoms with van der Waals surface area (Å²) in [6.45, 7) is 3.03. The van der Waals surface area contributed by atoms with E-state index in [9.17, 15) is 14.0 Å². The Morgan fingerprint density at radius 3 is 2.59 bits per heavy atom. The molecule has 1 atom stereocenters. The van der Waals surface area contributed by atoms with Crippen molar-refractivity contribution in [2.45, 2.75) is 19.9 Å². The summed E-state index contributed by atoms with van der Waals surface area (Å²) < 4.78 is 24.1. The summed E-state index contributed by atoms with van der Waals surface area (Å²) in [5, 5.41) is 2.87. The van der Waals surface area contributed by atoms with Crippen LogP contribution in [0.15, 0.2) is 30.3 Å². The van der Waals surface area contributed by atoms with E-state index in [0.717, 1.165) is 0 Å². The minimum absolute atomic E-state index is 0.0924. The molecule has 3 N–H and O–H groups in total. The molecule has 0 aromatic heterocycles. The number of benzene rings is 2. The molecule has 0 aliphatic rings. The van der Waals surface area contributed by atoms with Crippen LogP contribution in [0.1, 0.15) is 34.5 Å². The SMILES string of the molecule is COc1cc(C(=O)NC(C)c2ccc(C)c(F)c2)cc(Cl)c1OCC(N)=O. The van der Waals surface area contributed by atoms with Crippen molar-refractivity contribution in [3.63, 3.8) is 0 Å². The van der Waals surface area contributed by atoms with E-state index in [1.807, 2.05) is 0 Å². The Morgan fingerprint density at radius 1 is 1.30 bits per heavy atom. The fraction of sp³-hybridized carbons (Fsp3) is 0.263. The van der Waals surface area contributed by atoms with E-state index in [0.29, 0.717) is 11.1 Å². The van der Waals surface area contributed by atoms with Crippen LogP contribution in [-0.4, -0.2) is 25.5 Å². The molecule has 0 radical (unpaired) electrons. The van der Waals surface area contributed by atoms with Crippen molar-refractivity contribution in [3.05, 3.63) is 57.9 Å². The van der Waals surface area contributed by atoms with Crippen molar-refractivity contribution in [3.8, 4) is 11.5 Å². The lowest BCUT2D eigenvalue weighted by molar-refractivity contribution is -0.119. The van der Waals surface area contributed by atoms with Crippen LogP contribution in [0.4, 0.5) is 4.39 Å². The summed E-state index contributed by atoms with van der Waals surface area (Å²) >= 11 is 6.15. The van der Waals surface area contributed by atoms with Crippen molar-refractivity contribution in [2.24, 2.45) is 5.73 Å². The van der Waals surface area contributed by atoms with Gasteiger partial charge < -0.3 is 20.5 Å². The molecule has 0 aliphatic heterocycles. The Kier molecular flexibility index (Phi) is 6.63. The zero-order valence-electron chi connectivity index (χ0n) is 15.1. The summed E-state index contributed by atoms with van der Waals surface area (Å²) in [7, 11) is 1.38. The minimum Gasteiger partial charge on any atom is -0.493 e. The maximum Gasteiger partial charge on any atom is 0.255 e. The summed E-state index contributed by atoms with van der Waals surface area (Å²) in [6.07, 6.45) is 0. The van der Waals surface area contributed by atoms with Gasteiger partial charge in [0.1, 0.15) is 5.82 Å². The molecule has 2 rings (SSSR count). The van der Waals surface area contributed by atoms with Crippen LogP contribution in [0.3, 0.4) is 0 Å². The normalized spacial score (nSPS) is 11.6. The van der Waals surface area contributed by atoms with Gasteiger partial charge in [-0.25, -0.2) is 4.39 Å². The summed E-state index contributed by atoms with van der Waals surface area (Å²) in [5.41, 5.74) is 6.43. The van der Waals surface area contributed by atoms with Gasteiger partial charge in [0.05, 0.1) is 18.2 Å². The van der Waals surface area contributed by atoms with Gasteiger partial charge in [0.2, 0.25) is 0 Å². The molecule has 1 unspecified atom stereocenters. The van der Waals surface area contributed by atoms with Crippen molar-refractivity contribution in [1.82, 2.24) is 5.32 Å². The molecule has 8 heteroatoms. The van der Waals surface area contributed by atoms with E-state index in [1.165, 1.54) is 25.3 Å². The first-order valence-electron chi connectivity index (χ1n) is 8.08. The van der Waals surface area contributed by atoms with E-state index in [4.69, 9.17) is 26.8 Å². The lowest BCUT2D eigenvalue weighted by Gasteiger charge is -2.17. The minimum atomic E-state index is -0.672. The van der Waals surface area contributed by atoms with Gasteiger partial charge >= 0.3 is 0 Å². The Labute approximate surface area is 161 Å². The van der Waals surface area contributed by atoms with Gasteiger partial charge in [-0.15, -0.1) is 0 Å². The first kappa shape index (κ1) is 20.5. The molecule has 2 amide bonds. The van der Waals surface area contributed by atoms with E-state index < -0.39 is 17.9 Å². The van der Waals surface area contributed by atoms with E-state index in [2.05, 4.69) is 5.32 Å². The third-order valence-corrected chi connectivity index (χ3v) is 4.17. The number of methoxy groups -OCH3 is 1. The third-order valence-electron chi connectivity index (χ3n) is 3.89. The molecular formula is C19H20ClFN2O4. The lowest BCUT2D eigenvalue weighted by Crippen LogP contribution is -2.27. The number of carbonyl (C=O) groups excluding carboxylic acids is 2. The predicted octanol–water partition coefficient (Wildman–Crippen LogP) is 3.15. The third kappa shape index (κ3) is 5.10. The standard InChI is InChI=1S/C19H20ClFN2O4/c1-10-4-5-12(7-15(10)21)11(2)23-19(25)13-6-14(20)18(16(8-13)26-3)27-9-17(22)24/h4-8,11H,9H2,1-3H3,(H2,22,24)(H,23,25). The first-order valence-corrected chi connectivity index (χ1v) is 8.46. The zero-order valence-corrected chi connectivity index (χ0v) is 15.9. The van der Waals surface area contributed by atoms with E-state index in [1.54, 1.807) is 26.0 Å². The molecule has 6 nitrogen and oxygen atoms in total.